The molecular weight excluding hydrogens is 332 g/mol. The standard InChI is InChI=1S/C17H17BrO3/c1-12(13-6-4-3-5-7-13)21-16-9-8-15(18)10-14(16)11-17(19)20-2/h3-10,12H,11H2,1-2H3/t12-/m1/s1. The molecule has 0 spiro atoms. The Balaban J connectivity index is 2.21. The van der Waals surface area contributed by atoms with Gasteiger partial charge < -0.3 is 9.47 Å². The summed E-state index contributed by atoms with van der Waals surface area (Å²) in [5, 5.41) is 0. The quantitative estimate of drug-likeness (QED) is 0.755. The monoisotopic (exact) mass is 348 g/mol. The summed E-state index contributed by atoms with van der Waals surface area (Å²) in [7, 11) is 1.38. The Bertz CT molecular complexity index is 611. The lowest BCUT2D eigenvalue weighted by atomic mass is 10.1. The van der Waals surface area contributed by atoms with E-state index in [4.69, 9.17) is 9.47 Å². The zero-order valence-corrected chi connectivity index (χ0v) is 13.6. The molecule has 110 valence electrons. The van der Waals surface area contributed by atoms with Gasteiger partial charge in [-0.05, 0) is 30.7 Å². The Morgan fingerprint density at radius 3 is 2.57 bits per heavy atom. The summed E-state index contributed by atoms with van der Waals surface area (Å²) < 4.78 is 11.6. The lowest BCUT2D eigenvalue weighted by molar-refractivity contribution is -0.139. The molecule has 1 atom stereocenters. The number of ether oxygens (including phenoxy) is 2. The maximum atomic E-state index is 11.5. The lowest BCUT2D eigenvalue weighted by Gasteiger charge is -2.18. The average Bonchev–Trinajstić information content (AvgIpc) is 2.50. The number of halogens is 1. The van der Waals surface area contributed by atoms with Gasteiger partial charge in [-0.1, -0.05) is 46.3 Å². The van der Waals surface area contributed by atoms with Crippen molar-refractivity contribution in [2.24, 2.45) is 0 Å². The molecule has 4 heteroatoms. The van der Waals surface area contributed by atoms with Crippen LogP contribution in [-0.2, 0) is 16.0 Å². The molecule has 0 aliphatic carbocycles. The van der Waals surface area contributed by atoms with Gasteiger partial charge in [-0.2, -0.15) is 0 Å². The Labute approximate surface area is 133 Å². The molecule has 0 N–H and O–H groups in total. The molecule has 0 unspecified atom stereocenters. The van der Waals surface area contributed by atoms with Crippen molar-refractivity contribution in [3.63, 3.8) is 0 Å². The molecule has 0 saturated carbocycles. The third-order valence-corrected chi connectivity index (χ3v) is 3.65. The summed E-state index contributed by atoms with van der Waals surface area (Å²) in [4.78, 5) is 11.5. The van der Waals surface area contributed by atoms with Crippen LogP contribution in [0.2, 0.25) is 0 Å². The SMILES string of the molecule is COC(=O)Cc1cc(Br)ccc1O[C@H](C)c1ccccc1. The van der Waals surface area contributed by atoms with Crippen LogP contribution in [0.15, 0.2) is 53.0 Å². The van der Waals surface area contributed by atoms with E-state index in [2.05, 4.69) is 15.9 Å². The Hall–Kier alpha value is -1.81. The largest absolute Gasteiger partial charge is 0.486 e. The smallest absolute Gasteiger partial charge is 0.310 e. The molecule has 2 aromatic rings. The van der Waals surface area contributed by atoms with Crippen molar-refractivity contribution in [2.45, 2.75) is 19.4 Å². The van der Waals surface area contributed by atoms with E-state index in [0.29, 0.717) is 5.75 Å². The molecule has 0 aliphatic rings. The molecule has 2 rings (SSSR count). The molecule has 0 aromatic heterocycles. The van der Waals surface area contributed by atoms with Gasteiger partial charge in [0.15, 0.2) is 0 Å². The molecular formula is C17H17BrO3. The van der Waals surface area contributed by atoms with Crippen LogP contribution in [0.1, 0.15) is 24.2 Å². The van der Waals surface area contributed by atoms with Crippen LogP contribution in [0.5, 0.6) is 5.75 Å². The van der Waals surface area contributed by atoms with Crippen LogP contribution in [0, 0.1) is 0 Å². The number of carbonyl (C=O) groups excluding carboxylic acids is 1. The highest BCUT2D eigenvalue weighted by Crippen LogP contribution is 2.28. The van der Waals surface area contributed by atoms with E-state index in [-0.39, 0.29) is 18.5 Å². The fourth-order valence-corrected chi connectivity index (χ4v) is 2.42. The first-order valence-corrected chi connectivity index (χ1v) is 7.46. The second-order valence-electron chi connectivity index (χ2n) is 4.68. The molecule has 0 saturated heterocycles. The fraction of sp³-hybridized carbons (Fsp3) is 0.235. The van der Waals surface area contributed by atoms with Gasteiger partial charge in [0.2, 0.25) is 0 Å². The van der Waals surface area contributed by atoms with Gasteiger partial charge in [0, 0.05) is 10.0 Å². The second kappa shape index (κ2) is 7.27. The molecule has 0 amide bonds. The van der Waals surface area contributed by atoms with Crippen molar-refractivity contribution in [3.8, 4) is 5.75 Å². The third-order valence-electron chi connectivity index (χ3n) is 3.16. The van der Waals surface area contributed by atoms with Crippen molar-refractivity contribution in [2.75, 3.05) is 7.11 Å². The van der Waals surface area contributed by atoms with Gasteiger partial charge in [0.05, 0.1) is 13.5 Å². The molecule has 21 heavy (non-hydrogen) atoms. The van der Waals surface area contributed by atoms with Crippen molar-refractivity contribution in [3.05, 3.63) is 64.1 Å². The topological polar surface area (TPSA) is 35.5 Å². The highest BCUT2D eigenvalue weighted by molar-refractivity contribution is 9.10. The predicted octanol–water partition coefficient (Wildman–Crippen LogP) is 4.30. The minimum atomic E-state index is -0.287. The number of carbonyl (C=O) groups is 1. The number of rotatable bonds is 5. The number of hydrogen-bond acceptors (Lipinski definition) is 3. The highest BCUT2D eigenvalue weighted by Gasteiger charge is 2.13. The number of methoxy groups -OCH3 is 1. The summed E-state index contributed by atoms with van der Waals surface area (Å²) in [6.07, 6.45) is 0.0936. The molecule has 0 heterocycles. The second-order valence-corrected chi connectivity index (χ2v) is 5.59. The van der Waals surface area contributed by atoms with Gasteiger partial charge in [-0.15, -0.1) is 0 Å². The summed E-state index contributed by atoms with van der Waals surface area (Å²) in [5.74, 6) is 0.408. The first kappa shape index (κ1) is 15.6. The van der Waals surface area contributed by atoms with E-state index in [1.807, 2.05) is 55.5 Å². The van der Waals surface area contributed by atoms with Crippen LogP contribution in [0.25, 0.3) is 0 Å². The molecule has 0 radical (unpaired) electrons. The molecule has 2 aromatic carbocycles. The van der Waals surface area contributed by atoms with Gasteiger partial charge in [0.25, 0.3) is 0 Å². The zero-order chi connectivity index (χ0) is 15.2. The Morgan fingerprint density at radius 2 is 1.90 bits per heavy atom. The minimum Gasteiger partial charge on any atom is -0.486 e. The van der Waals surface area contributed by atoms with Crippen molar-refractivity contribution in [1.29, 1.82) is 0 Å². The van der Waals surface area contributed by atoms with E-state index in [9.17, 15) is 4.79 Å². The summed E-state index contributed by atoms with van der Waals surface area (Å²) >= 11 is 3.41. The van der Waals surface area contributed by atoms with Crippen molar-refractivity contribution in [1.82, 2.24) is 0 Å². The first-order chi connectivity index (χ1) is 10.1. The molecule has 0 bridgehead atoms. The van der Waals surface area contributed by atoms with Crippen molar-refractivity contribution < 1.29 is 14.3 Å². The number of benzene rings is 2. The summed E-state index contributed by atoms with van der Waals surface area (Å²) in [6, 6.07) is 15.6. The Kier molecular flexibility index (Phi) is 5.39. The van der Waals surface area contributed by atoms with Crippen LogP contribution in [0.4, 0.5) is 0 Å². The lowest BCUT2D eigenvalue weighted by Crippen LogP contribution is -2.09. The number of esters is 1. The van der Waals surface area contributed by atoms with E-state index in [1.165, 1.54) is 7.11 Å². The van der Waals surface area contributed by atoms with Crippen molar-refractivity contribution >= 4 is 21.9 Å². The van der Waals surface area contributed by atoms with E-state index in [1.54, 1.807) is 0 Å². The van der Waals surface area contributed by atoms with Gasteiger partial charge in [-0.3, -0.25) is 4.79 Å². The number of hydrogen-bond donors (Lipinski definition) is 0. The van der Waals surface area contributed by atoms with Gasteiger partial charge in [0.1, 0.15) is 11.9 Å². The highest BCUT2D eigenvalue weighted by atomic mass is 79.9. The van der Waals surface area contributed by atoms with E-state index >= 15 is 0 Å². The first-order valence-electron chi connectivity index (χ1n) is 6.67. The zero-order valence-electron chi connectivity index (χ0n) is 12.0. The molecule has 0 aliphatic heterocycles. The van der Waals surface area contributed by atoms with Gasteiger partial charge >= 0.3 is 5.97 Å². The summed E-state index contributed by atoms with van der Waals surface area (Å²) in [6.45, 7) is 1.99. The summed E-state index contributed by atoms with van der Waals surface area (Å²) in [5.41, 5.74) is 1.89. The van der Waals surface area contributed by atoms with E-state index in [0.717, 1.165) is 15.6 Å². The molecule has 3 nitrogen and oxygen atoms in total. The maximum absolute atomic E-state index is 11.5. The predicted molar refractivity (Wildman–Crippen MR) is 85.3 cm³/mol. The van der Waals surface area contributed by atoms with Gasteiger partial charge in [-0.25, -0.2) is 0 Å². The normalized spacial score (nSPS) is 11.8. The van der Waals surface area contributed by atoms with Crippen LogP contribution in [0.3, 0.4) is 0 Å². The van der Waals surface area contributed by atoms with Crippen LogP contribution >= 0.6 is 15.9 Å². The van der Waals surface area contributed by atoms with Crippen LogP contribution in [-0.4, -0.2) is 13.1 Å². The Morgan fingerprint density at radius 1 is 1.19 bits per heavy atom. The maximum Gasteiger partial charge on any atom is 0.310 e. The van der Waals surface area contributed by atoms with Crippen LogP contribution < -0.4 is 4.74 Å². The minimum absolute atomic E-state index is 0.0937. The van der Waals surface area contributed by atoms with E-state index < -0.39 is 0 Å². The third kappa shape index (κ3) is 4.33. The fourth-order valence-electron chi connectivity index (χ4n) is 2.01. The molecule has 0 fully saturated rings. The average molecular weight is 349 g/mol.